The number of aliphatic hydroxyl groups is 1. The highest BCUT2D eigenvalue weighted by atomic mass is 35.5. The molecule has 0 bridgehead atoms. The number of benzene rings is 1. The number of hydrogen-bond donors (Lipinski definition) is 2. The maximum absolute atomic E-state index is 12.7. The van der Waals surface area contributed by atoms with E-state index in [1.165, 1.54) is 0 Å². The van der Waals surface area contributed by atoms with Gasteiger partial charge >= 0.3 is 6.18 Å². The van der Waals surface area contributed by atoms with Crippen LogP contribution in [0.5, 0.6) is 0 Å². The van der Waals surface area contributed by atoms with Crippen molar-refractivity contribution in [3.63, 3.8) is 0 Å². The molecule has 0 saturated heterocycles. The molecule has 1 aromatic carbocycles. The van der Waals surface area contributed by atoms with Crippen LogP contribution in [-0.2, 0) is 16.2 Å². The van der Waals surface area contributed by atoms with Crippen molar-refractivity contribution in [2.45, 2.75) is 36.1 Å². The first-order valence-corrected chi connectivity index (χ1v) is 7.53. The standard InChI is InChI=1S/C11H11ClF3NO3S/c12-10-2-1-8(5-9(10)11(13,14)15)20(18,19)16-6-3-7(17)4-6/h1-2,5-7,16-17H,3-4H2. The van der Waals surface area contributed by atoms with Gasteiger partial charge in [0.1, 0.15) is 0 Å². The molecule has 2 rings (SSSR count). The van der Waals surface area contributed by atoms with Crippen molar-refractivity contribution < 1.29 is 26.7 Å². The molecule has 0 unspecified atom stereocenters. The summed E-state index contributed by atoms with van der Waals surface area (Å²) in [6.45, 7) is 0. The second-order valence-corrected chi connectivity index (χ2v) is 6.70. The van der Waals surface area contributed by atoms with Gasteiger partial charge in [-0.2, -0.15) is 13.2 Å². The Morgan fingerprint density at radius 1 is 1.30 bits per heavy atom. The molecule has 0 amide bonds. The van der Waals surface area contributed by atoms with Crippen molar-refractivity contribution >= 4 is 21.6 Å². The molecule has 2 N–H and O–H groups in total. The highest BCUT2D eigenvalue weighted by Gasteiger charge is 2.36. The van der Waals surface area contributed by atoms with E-state index >= 15 is 0 Å². The molecule has 9 heteroatoms. The molecule has 1 aliphatic carbocycles. The van der Waals surface area contributed by atoms with E-state index in [1.54, 1.807) is 0 Å². The largest absolute Gasteiger partial charge is 0.417 e. The van der Waals surface area contributed by atoms with Gasteiger partial charge in [-0.25, -0.2) is 13.1 Å². The summed E-state index contributed by atoms with van der Waals surface area (Å²) >= 11 is 5.43. The monoisotopic (exact) mass is 329 g/mol. The first-order chi connectivity index (χ1) is 9.09. The predicted molar refractivity (Wildman–Crippen MR) is 65.8 cm³/mol. The Morgan fingerprint density at radius 2 is 1.90 bits per heavy atom. The molecule has 0 spiro atoms. The number of alkyl halides is 3. The zero-order valence-corrected chi connectivity index (χ0v) is 11.6. The average Bonchev–Trinajstić information content (AvgIpc) is 2.25. The molecule has 0 atom stereocenters. The Kier molecular flexibility index (Phi) is 4.03. The molecule has 20 heavy (non-hydrogen) atoms. The third-order valence-corrected chi connectivity index (χ3v) is 4.84. The SMILES string of the molecule is O=S(=O)(NC1CC(O)C1)c1ccc(Cl)c(C(F)(F)F)c1. The van der Waals surface area contributed by atoms with Crippen LogP contribution in [0.4, 0.5) is 13.2 Å². The predicted octanol–water partition coefficient (Wildman–Crippen LogP) is 2.16. The van der Waals surface area contributed by atoms with Crippen molar-refractivity contribution in [2.24, 2.45) is 0 Å². The second-order valence-electron chi connectivity index (χ2n) is 4.58. The van der Waals surface area contributed by atoms with Gasteiger partial charge in [0.05, 0.1) is 21.6 Å². The number of rotatable bonds is 3. The summed E-state index contributed by atoms with van der Waals surface area (Å²) in [6.07, 6.45) is -4.80. The summed E-state index contributed by atoms with van der Waals surface area (Å²) in [5, 5.41) is 8.51. The van der Waals surface area contributed by atoms with E-state index in [-0.39, 0.29) is 12.8 Å². The molecular weight excluding hydrogens is 319 g/mol. The summed E-state index contributed by atoms with van der Waals surface area (Å²) < 4.78 is 64.1. The van der Waals surface area contributed by atoms with E-state index in [1.807, 2.05) is 0 Å². The van der Waals surface area contributed by atoms with Crippen LogP contribution in [0.1, 0.15) is 18.4 Å². The summed E-state index contributed by atoms with van der Waals surface area (Å²) in [5.41, 5.74) is -1.20. The summed E-state index contributed by atoms with van der Waals surface area (Å²) in [7, 11) is -4.06. The molecular formula is C11H11ClF3NO3S. The van der Waals surface area contributed by atoms with Gasteiger partial charge < -0.3 is 5.11 Å². The lowest BCUT2D eigenvalue weighted by atomic mass is 9.91. The van der Waals surface area contributed by atoms with Crippen LogP contribution >= 0.6 is 11.6 Å². The fourth-order valence-corrected chi connectivity index (χ4v) is 3.37. The van der Waals surface area contributed by atoms with E-state index in [9.17, 15) is 21.6 Å². The van der Waals surface area contributed by atoms with Gasteiger partial charge in [-0.1, -0.05) is 11.6 Å². The fourth-order valence-electron chi connectivity index (χ4n) is 1.86. The lowest BCUT2D eigenvalue weighted by Gasteiger charge is -2.31. The third kappa shape index (κ3) is 3.25. The lowest BCUT2D eigenvalue weighted by molar-refractivity contribution is -0.137. The van der Waals surface area contributed by atoms with Crippen LogP contribution in [0.2, 0.25) is 5.02 Å². The highest BCUT2D eigenvalue weighted by Crippen LogP contribution is 2.36. The Morgan fingerprint density at radius 3 is 2.40 bits per heavy atom. The number of aliphatic hydroxyl groups excluding tert-OH is 1. The minimum atomic E-state index is -4.73. The van der Waals surface area contributed by atoms with Crippen LogP contribution in [0.3, 0.4) is 0 Å². The van der Waals surface area contributed by atoms with Gasteiger partial charge in [0.2, 0.25) is 10.0 Å². The van der Waals surface area contributed by atoms with Crippen molar-refractivity contribution in [1.29, 1.82) is 0 Å². The van der Waals surface area contributed by atoms with Crippen molar-refractivity contribution in [3.8, 4) is 0 Å². The van der Waals surface area contributed by atoms with Gasteiger partial charge in [-0.3, -0.25) is 0 Å². The van der Waals surface area contributed by atoms with Crippen LogP contribution < -0.4 is 4.72 Å². The maximum Gasteiger partial charge on any atom is 0.417 e. The molecule has 112 valence electrons. The normalized spacial score (nSPS) is 23.4. The van der Waals surface area contributed by atoms with E-state index in [2.05, 4.69) is 4.72 Å². The molecule has 1 fully saturated rings. The second kappa shape index (κ2) is 5.18. The summed E-state index contributed by atoms with van der Waals surface area (Å²) in [5.74, 6) is 0. The number of halogens is 4. The lowest BCUT2D eigenvalue weighted by Crippen LogP contribution is -2.46. The molecule has 0 aliphatic heterocycles. The summed E-state index contributed by atoms with van der Waals surface area (Å²) in [6, 6.07) is 1.95. The molecule has 0 radical (unpaired) electrons. The van der Waals surface area contributed by atoms with Crippen LogP contribution in [-0.4, -0.2) is 25.7 Å². The van der Waals surface area contributed by atoms with Gasteiger partial charge in [0.25, 0.3) is 0 Å². The Bertz CT molecular complexity index is 612. The molecule has 0 aromatic heterocycles. The highest BCUT2D eigenvalue weighted by molar-refractivity contribution is 7.89. The van der Waals surface area contributed by atoms with Gasteiger partial charge in [-0.05, 0) is 31.0 Å². The third-order valence-electron chi connectivity index (χ3n) is 2.99. The average molecular weight is 330 g/mol. The fraction of sp³-hybridized carbons (Fsp3) is 0.455. The molecule has 1 saturated carbocycles. The molecule has 1 aromatic rings. The topological polar surface area (TPSA) is 66.4 Å². The molecule has 0 heterocycles. The van der Waals surface area contributed by atoms with Crippen molar-refractivity contribution in [3.05, 3.63) is 28.8 Å². The summed E-state index contributed by atoms with van der Waals surface area (Å²) in [4.78, 5) is -0.504. The Hall–Kier alpha value is -0.830. The Balaban J connectivity index is 2.28. The maximum atomic E-state index is 12.7. The molecule has 1 aliphatic rings. The van der Waals surface area contributed by atoms with Crippen molar-refractivity contribution in [1.82, 2.24) is 4.72 Å². The molecule has 4 nitrogen and oxygen atoms in total. The van der Waals surface area contributed by atoms with E-state index < -0.39 is 43.8 Å². The quantitative estimate of drug-likeness (QED) is 0.893. The van der Waals surface area contributed by atoms with Gasteiger partial charge in [0.15, 0.2) is 0 Å². The number of sulfonamides is 1. The van der Waals surface area contributed by atoms with Crippen LogP contribution in [0.15, 0.2) is 23.1 Å². The first kappa shape index (κ1) is 15.6. The minimum absolute atomic E-state index is 0.249. The minimum Gasteiger partial charge on any atom is -0.393 e. The first-order valence-electron chi connectivity index (χ1n) is 5.67. The van der Waals surface area contributed by atoms with Gasteiger partial charge in [0, 0.05) is 6.04 Å². The number of hydrogen-bond acceptors (Lipinski definition) is 3. The zero-order chi connectivity index (χ0) is 15.1. The van der Waals surface area contributed by atoms with E-state index in [4.69, 9.17) is 16.7 Å². The van der Waals surface area contributed by atoms with Gasteiger partial charge in [-0.15, -0.1) is 0 Å². The van der Waals surface area contributed by atoms with Crippen LogP contribution in [0, 0.1) is 0 Å². The van der Waals surface area contributed by atoms with Crippen LogP contribution in [0.25, 0.3) is 0 Å². The van der Waals surface area contributed by atoms with E-state index in [0.717, 1.165) is 12.1 Å². The number of nitrogens with one attached hydrogen (secondary N) is 1. The zero-order valence-electron chi connectivity index (χ0n) is 9.98. The Labute approximate surface area is 118 Å². The smallest absolute Gasteiger partial charge is 0.393 e. The van der Waals surface area contributed by atoms with Crippen molar-refractivity contribution in [2.75, 3.05) is 0 Å². The van der Waals surface area contributed by atoms with E-state index in [0.29, 0.717) is 6.07 Å².